The average Bonchev–Trinajstić information content (AvgIpc) is 1.41. The Morgan fingerprint density at radius 2 is 0.412 bits per heavy atom. The fourth-order valence-electron chi connectivity index (χ4n) is 0. The predicted molar refractivity (Wildman–Crippen MR) is 4.12 cm³/mol. The van der Waals surface area contributed by atoms with Crippen LogP contribution in [0.4, 0.5) is 0 Å². The second-order valence-electron chi connectivity index (χ2n) is 1.22. The maximum atomic E-state index is 8.59. The van der Waals surface area contributed by atoms with Crippen molar-refractivity contribution in [1.82, 2.24) is 0 Å². The standard InChI is InChI=1S/3Cr.2Eu.12O/q;;;2*+3;;;;;;;6*-1. The fraction of sp³-hybridized carbons (Fsp3) is 0. The van der Waals surface area contributed by atoms with E-state index in [1.807, 2.05) is 0 Å². The molecule has 0 aliphatic heterocycles. The molecule has 104 valence electrons. The van der Waals surface area contributed by atoms with Crippen molar-refractivity contribution >= 4 is 0 Å². The summed E-state index contributed by atoms with van der Waals surface area (Å²) in [5, 5.41) is 0. The molecule has 0 unspecified atom stereocenters. The van der Waals surface area contributed by atoms with E-state index in [9.17, 15) is 0 Å². The van der Waals surface area contributed by atoms with Crippen LogP contribution in [0.3, 0.4) is 0 Å². The molecular weight excluding hydrogens is 652 g/mol. The van der Waals surface area contributed by atoms with Gasteiger partial charge in [-0.25, -0.2) is 0 Å². The molecule has 0 heterocycles. The summed E-state index contributed by atoms with van der Waals surface area (Å²) < 4.78 is 103. The third-order valence-electron chi connectivity index (χ3n) is 0. The molecule has 0 aliphatic carbocycles. The Morgan fingerprint density at radius 3 is 0.412 bits per heavy atom. The molecule has 0 amide bonds. The van der Waals surface area contributed by atoms with Crippen LogP contribution in [0.5, 0.6) is 0 Å². The van der Waals surface area contributed by atoms with Gasteiger partial charge in [-0.3, -0.25) is 0 Å². The van der Waals surface area contributed by atoms with Gasteiger partial charge in [-0.1, -0.05) is 0 Å². The van der Waals surface area contributed by atoms with Crippen LogP contribution in [0.1, 0.15) is 0 Å². The van der Waals surface area contributed by atoms with Crippen molar-refractivity contribution in [2.75, 3.05) is 0 Å². The van der Waals surface area contributed by atoms with Crippen LogP contribution in [0.2, 0.25) is 0 Å². The molecule has 0 spiro atoms. The molecule has 0 fully saturated rings. The van der Waals surface area contributed by atoms with E-state index in [0.29, 0.717) is 0 Å². The molecule has 0 aromatic rings. The Kier molecular flexibility index (Phi) is 27.1. The summed E-state index contributed by atoms with van der Waals surface area (Å²) in [6.45, 7) is 0. The van der Waals surface area contributed by atoms with Gasteiger partial charge in [0.15, 0.2) is 0 Å². The van der Waals surface area contributed by atoms with E-state index in [4.69, 9.17) is 47.8 Å². The van der Waals surface area contributed by atoms with Gasteiger partial charge in [0.25, 0.3) is 0 Å². The molecule has 0 radical (unpaired) electrons. The van der Waals surface area contributed by atoms with Crippen LogP contribution in [0, 0.1) is 98.8 Å². The SMILES string of the molecule is [Eu+3].[Eu+3].[O]=[Cr](=[O])([O-])[O-].[O]=[Cr](=[O])([O-])[O-].[O]=[Cr](=[O])([O-])[O-]. The van der Waals surface area contributed by atoms with Gasteiger partial charge in [0.1, 0.15) is 0 Å². The third-order valence-corrected chi connectivity index (χ3v) is 0. The number of hydrogen-bond acceptors (Lipinski definition) is 12. The summed E-state index contributed by atoms with van der Waals surface area (Å²) in [5.74, 6) is 0. The molecule has 0 bridgehead atoms. The monoisotopic (exact) mass is 654 g/mol. The number of hydrogen-bond donors (Lipinski definition) is 0. The third kappa shape index (κ3) is 524. The Morgan fingerprint density at radius 1 is 0.412 bits per heavy atom. The van der Waals surface area contributed by atoms with E-state index in [1.54, 1.807) is 0 Å². The molecule has 0 saturated heterocycles. The minimum absolute atomic E-state index is 0. The quantitative estimate of drug-likeness (QED) is 0.237. The van der Waals surface area contributed by atoms with Crippen molar-refractivity contribution in [3.63, 3.8) is 0 Å². The second-order valence-corrected chi connectivity index (χ2v) is 5.05. The van der Waals surface area contributed by atoms with E-state index >= 15 is 0 Å². The zero-order valence-electron chi connectivity index (χ0n) is 6.88. The normalized spacial score (nSPS) is 10.2. The first kappa shape index (κ1) is 32.3. The summed E-state index contributed by atoms with van der Waals surface area (Å²) >= 11 is -17.2. The average molecular weight is 652 g/mol. The molecule has 0 rings (SSSR count). The van der Waals surface area contributed by atoms with Gasteiger partial charge >= 0.3 is 187 Å². The van der Waals surface area contributed by atoms with Gasteiger partial charge < -0.3 is 0 Å². The van der Waals surface area contributed by atoms with Crippen LogP contribution in [-0.4, -0.2) is 0 Å². The zero-order valence-corrected chi connectivity index (χ0v) is 15.6. The summed E-state index contributed by atoms with van der Waals surface area (Å²) in [4.78, 5) is 0. The van der Waals surface area contributed by atoms with Crippen LogP contribution in [0.15, 0.2) is 0 Å². The van der Waals surface area contributed by atoms with Gasteiger partial charge in [-0.15, -0.1) is 0 Å². The Labute approximate surface area is 183 Å². The zero-order chi connectivity index (χ0) is 13.5. The van der Waals surface area contributed by atoms with Crippen LogP contribution in [0.25, 0.3) is 0 Å². The molecule has 0 aromatic heterocycles. The molecule has 17 heteroatoms. The van der Waals surface area contributed by atoms with Crippen molar-refractivity contribution in [2.24, 2.45) is 0 Å². The fourth-order valence-corrected chi connectivity index (χ4v) is 0. The molecule has 12 nitrogen and oxygen atoms in total. The summed E-state index contributed by atoms with van der Waals surface area (Å²) in [5.41, 5.74) is 0. The Hall–Kier alpha value is 3.33. The van der Waals surface area contributed by atoms with Crippen molar-refractivity contribution in [2.45, 2.75) is 0 Å². The van der Waals surface area contributed by atoms with Crippen molar-refractivity contribution in [3.05, 3.63) is 0 Å². The van der Waals surface area contributed by atoms with Crippen LogP contribution < -0.4 is 24.9 Å². The van der Waals surface area contributed by atoms with Crippen LogP contribution in [-0.2, 0) is 63.7 Å². The first-order chi connectivity index (χ1) is 6.00. The van der Waals surface area contributed by atoms with Gasteiger partial charge in [0.2, 0.25) is 0 Å². The van der Waals surface area contributed by atoms with Gasteiger partial charge in [0.05, 0.1) is 0 Å². The van der Waals surface area contributed by atoms with Crippen LogP contribution >= 0.6 is 0 Å². The Bertz CT molecular complexity index is 341. The van der Waals surface area contributed by atoms with Gasteiger partial charge in [-0.05, 0) is 0 Å². The van der Waals surface area contributed by atoms with Gasteiger partial charge in [-0.2, -0.15) is 0 Å². The molecule has 0 N–H and O–H groups in total. The van der Waals surface area contributed by atoms with E-state index in [0.717, 1.165) is 0 Å². The minimum atomic E-state index is -5.75. The summed E-state index contributed by atoms with van der Waals surface area (Å²) in [7, 11) is 0. The molecule has 17 heavy (non-hydrogen) atoms. The van der Waals surface area contributed by atoms with E-state index in [2.05, 4.69) is 0 Å². The molecule has 0 saturated carbocycles. The number of rotatable bonds is 0. The topological polar surface area (TPSA) is 241 Å². The molecule has 0 aromatic carbocycles. The van der Waals surface area contributed by atoms with E-state index < -0.39 is 40.8 Å². The second kappa shape index (κ2) is 14.3. The van der Waals surface area contributed by atoms with Crippen molar-refractivity contribution < 1.29 is 187 Å². The van der Waals surface area contributed by atoms with Crippen molar-refractivity contribution in [3.8, 4) is 0 Å². The summed E-state index contributed by atoms with van der Waals surface area (Å²) in [6.07, 6.45) is 0. The maximum absolute atomic E-state index is 8.59. The van der Waals surface area contributed by atoms with Crippen molar-refractivity contribution in [1.29, 1.82) is 0 Å². The summed E-state index contributed by atoms with van der Waals surface area (Å²) in [6, 6.07) is 0. The Balaban J connectivity index is -0.0000000400. The van der Waals surface area contributed by atoms with Gasteiger partial charge in [0, 0.05) is 0 Å². The van der Waals surface area contributed by atoms with E-state index in [1.165, 1.54) is 0 Å². The first-order valence-electron chi connectivity index (χ1n) is 2.00. The molecule has 0 aliphatic rings. The first-order valence-corrected chi connectivity index (χ1v) is 8.25. The molecular formula is Cr3Eu2O12. The van der Waals surface area contributed by atoms with E-state index in [-0.39, 0.29) is 98.8 Å². The molecule has 0 atom stereocenters. The predicted octanol–water partition coefficient (Wildman–Crippen LogP) is -7.85.